The molecule has 0 fully saturated rings. The van der Waals surface area contributed by atoms with E-state index in [1.807, 2.05) is 13.8 Å². The van der Waals surface area contributed by atoms with E-state index in [9.17, 15) is 14.4 Å². The Morgan fingerprint density at radius 3 is 2.61 bits per heavy atom. The second-order valence-electron chi connectivity index (χ2n) is 6.53. The molecule has 2 aromatic rings. The average Bonchev–Trinajstić information content (AvgIpc) is 2.66. The lowest BCUT2D eigenvalue weighted by Gasteiger charge is -2.24. The van der Waals surface area contributed by atoms with Gasteiger partial charge in [-0.1, -0.05) is 44.7 Å². The first-order valence-electron chi connectivity index (χ1n) is 9.46. The number of carbonyl (C=O) groups is 1. The Morgan fingerprint density at radius 2 is 1.96 bits per heavy atom. The summed E-state index contributed by atoms with van der Waals surface area (Å²) in [6.45, 7) is 4.69. The molecule has 152 valence electrons. The van der Waals surface area contributed by atoms with Crippen LogP contribution in [0.25, 0.3) is 0 Å². The van der Waals surface area contributed by atoms with Crippen molar-refractivity contribution in [2.45, 2.75) is 52.5 Å². The Hall–Kier alpha value is -2.61. The molecule has 0 atom stereocenters. The molecule has 0 aliphatic carbocycles. The van der Waals surface area contributed by atoms with Gasteiger partial charge in [0.05, 0.1) is 0 Å². The van der Waals surface area contributed by atoms with E-state index in [-0.39, 0.29) is 16.7 Å². The first kappa shape index (κ1) is 21.7. The zero-order valence-electron chi connectivity index (χ0n) is 16.2. The largest absolute Gasteiger partial charge is 0.383 e. The first-order valence-corrected chi connectivity index (χ1v) is 9.84. The Bertz CT molecular complexity index is 938. The molecule has 2 aromatic heterocycles. The summed E-state index contributed by atoms with van der Waals surface area (Å²) in [4.78, 5) is 45.4. The highest BCUT2D eigenvalue weighted by Gasteiger charge is 2.25. The van der Waals surface area contributed by atoms with Crippen LogP contribution in [0.4, 0.5) is 11.5 Å². The van der Waals surface area contributed by atoms with Gasteiger partial charge in [0, 0.05) is 24.8 Å². The minimum Gasteiger partial charge on any atom is -0.383 e. The van der Waals surface area contributed by atoms with Gasteiger partial charge >= 0.3 is 5.69 Å². The number of aromatic amines is 1. The monoisotopic (exact) mass is 407 g/mol. The highest BCUT2D eigenvalue weighted by atomic mass is 35.5. The normalized spacial score (nSPS) is 10.8. The van der Waals surface area contributed by atoms with Crippen molar-refractivity contribution in [1.82, 2.24) is 14.5 Å². The lowest BCUT2D eigenvalue weighted by Crippen LogP contribution is -2.41. The quantitative estimate of drug-likeness (QED) is 0.490. The molecular formula is C19H26ClN5O3. The summed E-state index contributed by atoms with van der Waals surface area (Å²) in [5, 5.41) is 0.175. The molecule has 1 amide bonds. The van der Waals surface area contributed by atoms with Crippen molar-refractivity contribution in [3.8, 4) is 0 Å². The van der Waals surface area contributed by atoms with Gasteiger partial charge in [0.15, 0.2) is 5.69 Å². The second-order valence-corrected chi connectivity index (χ2v) is 6.92. The van der Waals surface area contributed by atoms with E-state index in [0.29, 0.717) is 25.1 Å². The minimum atomic E-state index is -0.680. The molecule has 0 aliphatic rings. The highest BCUT2D eigenvalue weighted by Crippen LogP contribution is 2.21. The van der Waals surface area contributed by atoms with E-state index >= 15 is 0 Å². The van der Waals surface area contributed by atoms with Gasteiger partial charge < -0.3 is 10.6 Å². The number of pyridine rings is 1. The summed E-state index contributed by atoms with van der Waals surface area (Å²) in [6.07, 6.45) is 5.52. The number of hydrogen-bond donors (Lipinski definition) is 2. The number of halogens is 1. The second kappa shape index (κ2) is 10.1. The van der Waals surface area contributed by atoms with Crippen molar-refractivity contribution in [2.75, 3.05) is 17.2 Å². The third-order valence-electron chi connectivity index (χ3n) is 4.42. The van der Waals surface area contributed by atoms with Crippen LogP contribution in [0.1, 0.15) is 56.3 Å². The van der Waals surface area contributed by atoms with Crippen LogP contribution < -0.4 is 21.9 Å². The highest BCUT2D eigenvalue weighted by molar-refractivity contribution is 6.29. The number of nitrogens with zero attached hydrogens (tertiary/aromatic N) is 3. The topological polar surface area (TPSA) is 114 Å². The van der Waals surface area contributed by atoms with E-state index in [2.05, 4.69) is 9.97 Å². The van der Waals surface area contributed by atoms with Crippen molar-refractivity contribution < 1.29 is 4.79 Å². The number of hydrogen-bond acceptors (Lipinski definition) is 5. The van der Waals surface area contributed by atoms with Crippen LogP contribution in [0.15, 0.2) is 27.9 Å². The van der Waals surface area contributed by atoms with Crippen LogP contribution in [0.5, 0.6) is 0 Å². The van der Waals surface area contributed by atoms with Gasteiger partial charge in [0.2, 0.25) is 0 Å². The van der Waals surface area contributed by atoms with Crippen molar-refractivity contribution in [2.24, 2.45) is 0 Å². The molecular weight excluding hydrogens is 382 g/mol. The SMILES string of the molecule is CCCCCN(C(=O)c1ccnc(Cl)c1)c1c(N)n(CCCC)c(=O)[nH]c1=O. The molecule has 2 heterocycles. The lowest BCUT2D eigenvalue weighted by molar-refractivity contribution is 0.0986. The summed E-state index contributed by atoms with van der Waals surface area (Å²) >= 11 is 5.91. The average molecular weight is 408 g/mol. The molecule has 0 saturated heterocycles. The number of aromatic nitrogens is 3. The van der Waals surface area contributed by atoms with Gasteiger partial charge in [-0.05, 0) is 25.0 Å². The van der Waals surface area contributed by atoms with Crippen molar-refractivity contribution >= 4 is 29.0 Å². The van der Waals surface area contributed by atoms with Crippen LogP contribution in [-0.4, -0.2) is 27.0 Å². The van der Waals surface area contributed by atoms with Gasteiger partial charge in [-0.3, -0.25) is 19.1 Å². The van der Waals surface area contributed by atoms with E-state index in [1.165, 1.54) is 27.8 Å². The zero-order valence-corrected chi connectivity index (χ0v) is 17.0. The van der Waals surface area contributed by atoms with Crippen LogP contribution in [0, 0.1) is 0 Å². The van der Waals surface area contributed by atoms with E-state index < -0.39 is 17.2 Å². The number of nitrogens with one attached hydrogen (secondary N) is 1. The molecule has 8 nitrogen and oxygen atoms in total. The Kier molecular flexibility index (Phi) is 7.80. The van der Waals surface area contributed by atoms with Gasteiger partial charge in [-0.2, -0.15) is 0 Å². The molecule has 9 heteroatoms. The fourth-order valence-electron chi connectivity index (χ4n) is 2.90. The third-order valence-corrected chi connectivity index (χ3v) is 4.63. The fourth-order valence-corrected chi connectivity index (χ4v) is 3.08. The summed E-state index contributed by atoms with van der Waals surface area (Å²) in [7, 11) is 0. The molecule has 0 unspecified atom stereocenters. The van der Waals surface area contributed by atoms with E-state index in [4.69, 9.17) is 17.3 Å². The van der Waals surface area contributed by atoms with Crippen molar-refractivity contribution in [3.63, 3.8) is 0 Å². The van der Waals surface area contributed by atoms with Crippen LogP contribution >= 0.6 is 11.6 Å². The molecule has 0 bridgehead atoms. The molecule has 0 radical (unpaired) electrons. The molecule has 0 aromatic carbocycles. The molecule has 2 rings (SSSR count). The predicted octanol–water partition coefficient (Wildman–Crippen LogP) is 2.80. The molecule has 3 N–H and O–H groups in total. The number of anilines is 2. The summed E-state index contributed by atoms with van der Waals surface area (Å²) in [6, 6.07) is 2.96. The zero-order chi connectivity index (χ0) is 20.7. The third kappa shape index (κ3) is 5.01. The Morgan fingerprint density at radius 1 is 1.25 bits per heavy atom. The number of H-pyrrole nitrogens is 1. The van der Waals surface area contributed by atoms with E-state index in [0.717, 1.165) is 25.7 Å². The lowest BCUT2D eigenvalue weighted by atomic mass is 10.2. The van der Waals surface area contributed by atoms with E-state index in [1.54, 1.807) is 0 Å². The number of nitrogen functional groups attached to an aromatic ring is 1. The van der Waals surface area contributed by atoms with Crippen molar-refractivity contribution in [1.29, 1.82) is 0 Å². The molecule has 0 spiro atoms. The molecule has 0 saturated carbocycles. The van der Waals surface area contributed by atoms with Gasteiger partial charge in [0.25, 0.3) is 11.5 Å². The smallest absolute Gasteiger partial charge is 0.330 e. The van der Waals surface area contributed by atoms with Gasteiger partial charge in [0.1, 0.15) is 11.0 Å². The number of unbranched alkanes of at least 4 members (excludes halogenated alkanes) is 3. The predicted molar refractivity (Wildman–Crippen MR) is 111 cm³/mol. The Labute approximate surface area is 168 Å². The minimum absolute atomic E-state index is 0.00722. The molecule has 28 heavy (non-hydrogen) atoms. The summed E-state index contributed by atoms with van der Waals surface area (Å²) < 4.78 is 1.31. The maximum Gasteiger partial charge on any atom is 0.330 e. The van der Waals surface area contributed by atoms with Crippen LogP contribution in [0.3, 0.4) is 0 Å². The fraction of sp³-hybridized carbons (Fsp3) is 0.474. The standard InChI is InChI=1S/C19H26ClN5O3/c1-3-5-7-11-24(18(27)13-8-9-22-14(20)12-13)15-16(21)25(10-6-4-2)19(28)23-17(15)26/h8-9,12H,3-7,10-11,21H2,1-2H3,(H,23,26,28). The van der Waals surface area contributed by atoms with Gasteiger partial charge in [-0.25, -0.2) is 9.78 Å². The number of carbonyl (C=O) groups excluding carboxylic acids is 1. The Balaban J connectivity index is 2.55. The number of nitrogens with two attached hydrogens (primary N) is 1. The van der Waals surface area contributed by atoms with Crippen LogP contribution in [-0.2, 0) is 6.54 Å². The maximum absolute atomic E-state index is 13.2. The van der Waals surface area contributed by atoms with Crippen LogP contribution in [0.2, 0.25) is 5.15 Å². The number of amides is 1. The molecule has 0 aliphatic heterocycles. The van der Waals surface area contributed by atoms with Crippen molar-refractivity contribution in [3.05, 3.63) is 49.9 Å². The first-order chi connectivity index (χ1) is 13.4. The van der Waals surface area contributed by atoms with Gasteiger partial charge in [-0.15, -0.1) is 0 Å². The summed E-state index contributed by atoms with van der Waals surface area (Å²) in [5.74, 6) is -0.425. The maximum atomic E-state index is 13.2. The summed E-state index contributed by atoms with van der Waals surface area (Å²) in [5.41, 5.74) is 5.21. The number of rotatable bonds is 9.